The van der Waals surface area contributed by atoms with Gasteiger partial charge in [-0.05, 0) is 24.6 Å². The predicted octanol–water partition coefficient (Wildman–Crippen LogP) is 4.05. The molecule has 2 rings (SSSR count). The molecule has 0 N–H and O–H groups in total. The molecule has 0 bridgehead atoms. The van der Waals surface area contributed by atoms with E-state index in [0.717, 1.165) is 4.47 Å². The lowest BCUT2D eigenvalue weighted by atomic mass is 10.0. The Morgan fingerprint density at radius 3 is 2.59 bits per heavy atom. The Balaban J connectivity index is 2.80. The van der Waals surface area contributed by atoms with Gasteiger partial charge >= 0.3 is 5.97 Å². The van der Waals surface area contributed by atoms with Crippen molar-refractivity contribution in [3.8, 4) is 17.2 Å². The van der Waals surface area contributed by atoms with Crippen molar-refractivity contribution in [2.45, 2.75) is 6.92 Å². The molecule has 0 aliphatic carbocycles. The minimum atomic E-state index is -0.547. The van der Waals surface area contributed by atoms with E-state index in [1.807, 2.05) is 18.2 Å². The maximum absolute atomic E-state index is 12.3. The molecule has 110 valence electrons. The van der Waals surface area contributed by atoms with Gasteiger partial charge in [0.25, 0.3) is 0 Å². The minimum Gasteiger partial charge on any atom is -0.461 e. The van der Waals surface area contributed by atoms with E-state index in [4.69, 9.17) is 11.3 Å². The van der Waals surface area contributed by atoms with E-state index < -0.39 is 5.97 Å². The lowest BCUT2D eigenvalue weighted by Gasteiger charge is -2.08. The summed E-state index contributed by atoms with van der Waals surface area (Å²) in [4.78, 5) is 15.7. The maximum atomic E-state index is 12.3. The van der Waals surface area contributed by atoms with Crippen molar-refractivity contribution in [1.29, 1.82) is 5.26 Å². The third-order valence-electron chi connectivity index (χ3n) is 3.19. The Morgan fingerprint density at radius 2 is 2.09 bits per heavy atom. The summed E-state index contributed by atoms with van der Waals surface area (Å²) in [6.45, 7) is 9.30. The van der Waals surface area contributed by atoms with E-state index in [9.17, 15) is 10.1 Å². The summed E-state index contributed by atoms with van der Waals surface area (Å²) in [5.41, 5.74) is 1.65. The summed E-state index contributed by atoms with van der Waals surface area (Å²) < 4.78 is 7.37. The van der Waals surface area contributed by atoms with Gasteiger partial charge in [-0.2, -0.15) is 5.26 Å². The van der Waals surface area contributed by atoms with Crippen molar-refractivity contribution in [3.05, 3.63) is 51.5 Å². The fraction of sp³-hybridized carbons (Fsp3) is 0.188. The van der Waals surface area contributed by atoms with E-state index in [0.29, 0.717) is 11.1 Å². The molecule has 0 spiro atoms. The van der Waals surface area contributed by atoms with E-state index >= 15 is 0 Å². The van der Waals surface area contributed by atoms with Crippen LogP contribution in [-0.2, 0) is 11.8 Å². The number of esters is 1. The van der Waals surface area contributed by atoms with Crippen LogP contribution in [0.3, 0.4) is 0 Å². The zero-order valence-electron chi connectivity index (χ0n) is 12.1. The summed E-state index contributed by atoms with van der Waals surface area (Å²) in [6, 6.07) is 9.20. The monoisotopic (exact) mass is 357 g/mol. The van der Waals surface area contributed by atoms with Crippen LogP contribution in [0.5, 0.6) is 0 Å². The van der Waals surface area contributed by atoms with Crippen LogP contribution in [0.1, 0.15) is 23.1 Å². The van der Waals surface area contributed by atoms with Gasteiger partial charge in [0, 0.05) is 17.1 Å². The van der Waals surface area contributed by atoms with Crippen molar-refractivity contribution in [2.75, 3.05) is 6.61 Å². The second-order valence-electron chi connectivity index (χ2n) is 4.43. The molecule has 6 heteroatoms. The van der Waals surface area contributed by atoms with Gasteiger partial charge < -0.3 is 9.30 Å². The molecule has 0 aliphatic rings. The number of hydrogen-bond donors (Lipinski definition) is 0. The third-order valence-corrected chi connectivity index (χ3v) is 3.72. The number of ether oxygens (including phenoxy) is 1. The molecule has 1 heterocycles. The average molecular weight is 358 g/mol. The number of carbonyl (C=O) groups is 1. The number of halogens is 1. The zero-order chi connectivity index (χ0) is 16.3. The Labute approximate surface area is 136 Å². The van der Waals surface area contributed by atoms with Crippen LogP contribution in [0.15, 0.2) is 28.7 Å². The largest absolute Gasteiger partial charge is 0.461 e. The fourth-order valence-electron chi connectivity index (χ4n) is 2.23. The van der Waals surface area contributed by atoms with E-state index in [1.54, 1.807) is 26.1 Å². The van der Waals surface area contributed by atoms with E-state index in [1.165, 1.54) is 4.57 Å². The maximum Gasteiger partial charge on any atom is 0.354 e. The van der Waals surface area contributed by atoms with Crippen molar-refractivity contribution in [3.63, 3.8) is 0 Å². The van der Waals surface area contributed by atoms with Gasteiger partial charge in [0.2, 0.25) is 5.69 Å². The molecular formula is C16H12BrN3O2. The Bertz CT molecular complexity index is 808. The van der Waals surface area contributed by atoms with Gasteiger partial charge in [0.1, 0.15) is 17.5 Å². The van der Waals surface area contributed by atoms with Crippen molar-refractivity contribution in [2.24, 2.45) is 7.05 Å². The van der Waals surface area contributed by atoms with Crippen LogP contribution in [0.25, 0.3) is 16.0 Å². The van der Waals surface area contributed by atoms with Crippen LogP contribution in [0.4, 0.5) is 5.69 Å². The summed E-state index contributed by atoms with van der Waals surface area (Å²) in [5.74, 6) is -0.547. The van der Waals surface area contributed by atoms with Gasteiger partial charge in [-0.25, -0.2) is 9.64 Å². The summed E-state index contributed by atoms with van der Waals surface area (Å²) >= 11 is 3.35. The number of carbonyl (C=O) groups excluding carboxylic acids is 1. The van der Waals surface area contributed by atoms with Crippen LogP contribution in [0.2, 0.25) is 0 Å². The van der Waals surface area contributed by atoms with E-state index in [-0.39, 0.29) is 23.7 Å². The number of benzene rings is 1. The number of rotatable bonds is 3. The third kappa shape index (κ3) is 2.61. The number of nitrogens with zero attached hydrogens (tertiary/aromatic N) is 3. The highest BCUT2D eigenvalue weighted by Crippen LogP contribution is 2.39. The quantitative estimate of drug-likeness (QED) is 0.614. The summed E-state index contributed by atoms with van der Waals surface area (Å²) in [7, 11) is 1.59. The molecule has 1 aromatic carbocycles. The summed E-state index contributed by atoms with van der Waals surface area (Å²) in [6.07, 6.45) is 0. The predicted molar refractivity (Wildman–Crippen MR) is 85.5 cm³/mol. The first kappa shape index (κ1) is 15.8. The number of aromatic nitrogens is 1. The molecule has 0 saturated heterocycles. The standard InChI is InChI=1S/C16H12BrN3O2/c1-4-22-16(21)15-13(10-5-7-11(17)8-6-10)14(19-2)12(9-18)20(15)3/h5-8H,4H2,1,3H3. The van der Waals surface area contributed by atoms with Crippen LogP contribution >= 0.6 is 15.9 Å². The minimum absolute atomic E-state index is 0.149. The van der Waals surface area contributed by atoms with Gasteiger partial charge in [0.15, 0.2) is 0 Å². The van der Waals surface area contributed by atoms with E-state index in [2.05, 4.69) is 20.8 Å². The van der Waals surface area contributed by atoms with Crippen molar-refractivity contribution < 1.29 is 9.53 Å². The van der Waals surface area contributed by atoms with Gasteiger partial charge in [-0.15, -0.1) is 0 Å². The van der Waals surface area contributed by atoms with Crippen LogP contribution in [0, 0.1) is 17.9 Å². The van der Waals surface area contributed by atoms with Crippen LogP contribution < -0.4 is 0 Å². The molecular weight excluding hydrogens is 346 g/mol. The lowest BCUT2D eigenvalue weighted by molar-refractivity contribution is 0.0516. The highest BCUT2D eigenvalue weighted by Gasteiger charge is 2.27. The SMILES string of the molecule is [C-]#[N+]c1c(-c2ccc(Br)cc2)c(C(=O)OCC)n(C)c1C#N. The van der Waals surface area contributed by atoms with Crippen LogP contribution in [-0.4, -0.2) is 17.1 Å². The number of nitriles is 1. The molecule has 0 fully saturated rings. The molecule has 0 atom stereocenters. The van der Waals surface area contributed by atoms with Gasteiger partial charge in [-0.3, -0.25) is 0 Å². The molecule has 2 aromatic rings. The molecule has 0 saturated carbocycles. The molecule has 0 amide bonds. The molecule has 5 nitrogen and oxygen atoms in total. The Hall–Kier alpha value is -2.57. The summed E-state index contributed by atoms with van der Waals surface area (Å²) in [5, 5.41) is 9.30. The first-order chi connectivity index (χ1) is 10.5. The number of hydrogen-bond acceptors (Lipinski definition) is 3. The Kier molecular flexibility index (Phi) is 4.65. The Morgan fingerprint density at radius 1 is 1.45 bits per heavy atom. The zero-order valence-corrected chi connectivity index (χ0v) is 13.6. The smallest absolute Gasteiger partial charge is 0.354 e. The first-order valence-electron chi connectivity index (χ1n) is 6.48. The van der Waals surface area contributed by atoms with Crippen molar-refractivity contribution >= 4 is 27.6 Å². The first-order valence-corrected chi connectivity index (χ1v) is 7.27. The highest BCUT2D eigenvalue weighted by molar-refractivity contribution is 9.10. The molecule has 0 unspecified atom stereocenters. The topological polar surface area (TPSA) is 59.4 Å². The highest BCUT2D eigenvalue weighted by atomic mass is 79.9. The second-order valence-corrected chi connectivity index (χ2v) is 5.35. The fourth-order valence-corrected chi connectivity index (χ4v) is 2.50. The second kappa shape index (κ2) is 6.46. The molecule has 1 aromatic heterocycles. The van der Waals surface area contributed by atoms with Crippen molar-refractivity contribution in [1.82, 2.24) is 4.57 Å². The normalized spacial score (nSPS) is 9.86. The molecule has 0 aliphatic heterocycles. The average Bonchev–Trinajstić information content (AvgIpc) is 2.80. The molecule has 22 heavy (non-hydrogen) atoms. The van der Waals surface area contributed by atoms with Gasteiger partial charge in [0.05, 0.1) is 13.2 Å². The van der Waals surface area contributed by atoms with Gasteiger partial charge in [-0.1, -0.05) is 28.1 Å². The molecule has 0 radical (unpaired) electrons. The lowest BCUT2D eigenvalue weighted by Crippen LogP contribution is -2.11.